The molecule has 0 spiro atoms. The van der Waals surface area contributed by atoms with Crippen LogP contribution in [0.15, 0.2) is 12.1 Å². The molecule has 5 rings (SSSR count). The molecule has 1 saturated carbocycles. The van der Waals surface area contributed by atoms with Crippen molar-refractivity contribution in [3.8, 4) is 17.2 Å². The van der Waals surface area contributed by atoms with Gasteiger partial charge in [0.15, 0.2) is 11.5 Å². The predicted molar refractivity (Wildman–Crippen MR) is 143 cm³/mol. The van der Waals surface area contributed by atoms with Crippen molar-refractivity contribution < 1.29 is 33.2 Å². The van der Waals surface area contributed by atoms with Gasteiger partial charge in [-0.1, -0.05) is 49.8 Å². The van der Waals surface area contributed by atoms with Crippen LogP contribution < -0.4 is 14.2 Å². The number of fused-ring (bicyclic) bond motifs is 1. The molecule has 0 unspecified atom stereocenters. The largest absolute Gasteiger partial charge is 0.497 e. The molecule has 0 radical (unpaired) electrons. The number of halogens is 1. The lowest BCUT2D eigenvalue weighted by Crippen LogP contribution is -2.37. The van der Waals surface area contributed by atoms with E-state index in [2.05, 4.69) is 50.3 Å². The van der Waals surface area contributed by atoms with Crippen molar-refractivity contribution in [3.05, 3.63) is 17.7 Å². The van der Waals surface area contributed by atoms with E-state index in [9.17, 15) is 4.79 Å². The Morgan fingerprint density at radius 1 is 1.17 bits per heavy atom. The number of carbonyl (C=O) groups is 1. The summed E-state index contributed by atoms with van der Waals surface area (Å²) in [7, 11) is 1.65. The molecule has 4 aliphatic rings. The van der Waals surface area contributed by atoms with Gasteiger partial charge in [-0.2, -0.15) is 0 Å². The third-order valence-electron chi connectivity index (χ3n) is 8.56. The van der Waals surface area contributed by atoms with Gasteiger partial charge in [0.1, 0.15) is 5.75 Å². The highest BCUT2D eigenvalue weighted by Crippen LogP contribution is 2.47. The maximum Gasteiger partial charge on any atom is 0.314 e. The fourth-order valence-corrected chi connectivity index (χ4v) is 7.29. The summed E-state index contributed by atoms with van der Waals surface area (Å²) in [4.78, 5) is 13.0. The van der Waals surface area contributed by atoms with Gasteiger partial charge in [-0.05, 0) is 50.0 Å². The highest BCUT2D eigenvalue weighted by atomic mass is 127. The zero-order chi connectivity index (χ0) is 25.6. The van der Waals surface area contributed by atoms with Crippen molar-refractivity contribution in [2.75, 3.05) is 13.9 Å². The number of rotatable bonds is 7. The third kappa shape index (κ3) is 5.19. The van der Waals surface area contributed by atoms with Crippen LogP contribution in [0.4, 0.5) is 0 Å². The smallest absolute Gasteiger partial charge is 0.314 e. The van der Waals surface area contributed by atoms with Gasteiger partial charge in [0, 0.05) is 28.4 Å². The van der Waals surface area contributed by atoms with Gasteiger partial charge in [0.25, 0.3) is 0 Å². The Balaban J connectivity index is 1.25. The Bertz CT molecular complexity index is 967. The number of hydrogen-bond acceptors (Lipinski definition) is 7. The molecular weight excluding hydrogens is 575 g/mol. The van der Waals surface area contributed by atoms with Gasteiger partial charge >= 0.3 is 5.97 Å². The fourth-order valence-electron chi connectivity index (χ4n) is 6.42. The standard InChI is InChI=1S/C28H39IO7/c1-15(2)19-7-6-16(3)8-21(19)34-25-11-20(27(30)35-25)22-12-24(29)28(4,36-22)13-17-9-18(31-5)10-23-26(17)33-14-32-23/h9-10,15-16,19-22,24-25H,6-8,11-14H2,1-5H3/t16-,19+,20-,21-,22-,24+,25+,28+/m1/s1. The van der Waals surface area contributed by atoms with E-state index in [0.29, 0.717) is 36.3 Å². The van der Waals surface area contributed by atoms with Gasteiger partial charge in [-0.25, -0.2) is 0 Å². The van der Waals surface area contributed by atoms with Crippen LogP contribution in [0.5, 0.6) is 17.2 Å². The lowest BCUT2D eigenvalue weighted by Gasteiger charge is -2.38. The quantitative estimate of drug-likeness (QED) is 0.222. The van der Waals surface area contributed by atoms with Crippen LogP contribution in [0.3, 0.4) is 0 Å². The summed E-state index contributed by atoms with van der Waals surface area (Å²) in [6.45, 7) is 9.15. The minimum Gasteiger partial charge on any atom is -0.497 e. The van der Waals surface area contributed by atoms with Crippen LogP contribution in [0, 0.1) is 23.7 Å². The van der Waals surface area contributed by atoms with E-state index < -0.39 is 11.9 Å². The fraction of sp³-hybridized carbons (Fsp3) is 0.750. The summed E-state index contributed by atoms with van der Waals surface area (Å²) >= 11 is 2.46. The molecule has 2 saturated heterocycles. The van der Waals surface area contributed by atoms with E-state index in [1.54, 1.807) is 7.11 Å². The van der Waals surface area contributed by atoms with Crippen molar-refractivity contribution in [3.63, 3.8) is 0 Å². The number of hydrogen-bond donors (Lipinski definition) is 0. The highest BCUT2D eigenvalue weighted by Gasteiger charge is 2.52. The number of alkyl halides is 1. The topological polar surface area (TPSA) is 72.5 Å². The minimum absolute atomic E-state index is 0.148. The lowest BCUT2D eigenvalue weighted by atomic mass is 9.75. The molecular formula is C28H39IO7. The first-order valence-electron chi connectivity index (χ1n) is 13.3. The predicted octanol–water partition coefficient (Wildman–Crippen LogP) is 5.68. The number of benzene rings is 1. The highest BCUT2D eigenvalue weighted by molar-refractivity contribution is 14.1. The van der Waals surface area contributed by atoms with Crippen molar-refractivity contribution in [2.24, 2.45) is 23.7 Å². The Morgan fingerprint density at radius 2 is 1.97 bits per heavy atom. The van der Waals surface area contributed by atoms with Crippen molar-refractivity contribution in [2.45, 2.75) is 94.2 Å². The van der Waals surface area contributed by atoms with E-state index in [4.69, 9.17) is 28.4 Å². The van der Waals surface area contributed by atoms with E-state index in [0.717, 1.165) is 29.9 Å². The van der Waals surface area contributed by atoms with E-state index >= 15 is 0 Å². The number of esters is 1. The van der Waals surface area contributed by atoms with E-state index in [-0.39, 0.29) is 34.8 Å². The molecule has 200 valence electrons. The van der Waals surface area contributed by atoms with Gasteiger partial charge in [-0.15, -0.1) is 0 Å². The maximum atomic E-state index is 13.0. The molecule has 0 amide bonds. The van der Waals surface area contributed by atoms with E-state index in [1.807, 2.05) is 12.1 Å². The summed E-state index contributed by atoms with van der Waals surface area (Å²) < 4.78 is 36.0. The molecule has 1 aromatic rings. The van der Waals surface area contributed by atoms with Gasteiger partial charge < -0.3 is 28.4 Å². The summed E-state index contributed by atoms with van der Waals surface area (Å²) in [5, 5.41) is 0. The number of carbonyl (C=O) groups excluding carboxylic acids is 1. The van der Waals surface area contributed by atoms with Crippen molar-refractivity contribution in [1.29, 1.82) is 0 Å². The Labute approximate surface area is 228 Å². The third-order valence-corrected chi connectivity index (χ3v) is 10.4. The molecule has 1 aromatic carbocycles. The molecule has 7 nitrogen and oxygen atoms in total. The average molecular weight is 615 g/mol. The molecule has 36 heavy (non-hydrogen) atoms. The minimum atomic E-state index is -0.477. The molecule has 3 fully saturated rings. The van der Waals surface area contributed by atoms with E-state index in [1.165, 1.54) is 12.8 Å². The summed E-state index contributed by atoms with van der Waals surface area (Å²) in [5.74, 6) is 3.40. The van der Waals surface area contributed by atoms with Crippen molar-refractivity contribution >= 4 is 28.6 Å². The van der Waals surface area contributed by atoms with Gasteiger partial charge in [0.05, 0.1) is 30.8 Å². The molecule has 8 heteroatoms. The second-order valence-electron chi connectivity index (χ2n) is 11.6. The molecule has 8 atom stereocenters. The van der Waals surface area contributed by atoms with Gasteiger partial charge in [-0.3, -0.25) is 4.79 Å². The summed E-state index contributed by atoms with van der Waals surface area (Å²) in [6, 6.07) is 3.84. The summed E-state index contributed by atoms with van der Waals surface area (Å²) in [5.41, 5.74) is 0.533. The first-order valence-corrected chi connectivity index (χ1v) is 14.6. The number of cyclic esters (lactones) is 1. The van der Waals surface area contributed by atoms with Crippen LogP contribution in [-0.4, -0.2) is 47.9 Å². The molecule has 0 aromatic heterocycles. The SMILES string of the molecule is COc1cc(C[C@]2(C)O[C@@H]([C@H]3C[C@@H](O[C@@H]4C[C@H](C)CC[C@H]4C(C)C)OC3=O)C[C@@H]2I)c2c(c1)OCO2. The van der Waals surface area contributed by atoms with Crippen LogP contribution in [0.2, 0.25) is 0 Å². The first-order chi connectivity index (χ1) is 17.2. The maximum absolute atomic E-state index is 13.0. The zero-order valence-electron chi connectivity index (χ0n) is 22.0. The Kier molecular flexibility index (Phi) is 7.67. The lowest BCUT2D eigenvalue weighted by molar-refractivity contribution is -0.186. The average Bonchev–Trinajstić information content (AvgIpc) is 3.51. The zero-order valence-corrected chi connectivity index (χ0v) is 24.1. The molecule has 0 N–H and O–H groups in total. The second-order valence-corrected chi connectivity index (χ2v) is 13.1. The monoisotopic (exact) mass is 614 g/mol. The van der Waals surface area contributed by atoms with Crippen molar-refractivity contribution in [1.82, 2.24) is 0 Å². The molecule has 1 aliphatic carbocycles. The van der Waals surface area contributed by atoms with Crippen LogP contribution in [-0.2, 0) is 25.4 Å². The molecule has 3 aliphatic heterocycles. The Hall–Kier alpha value is -1.26. The van der Waals surface area contributed by atoms with Gasteiger partial charge in [0.2, 0.25) is 13.1 Å². The van der Waals surface area contributed by atoms with Crippen LogP contribution in [0.25, 0.3) is 0 Å². The van der Waals surface area contributed by atoms with Crippen LogP contribution in [0.1, 0.15) is 65.4 Å². The number of methoxy groups -OCH3 is 1. The first kappa shape index (κ1) is 26.4. The molecule has 3 heterocycles. The molecule has 0 bridgehead atoms. The number of ether oxygens (including phenoxy) is 6. The van der Waals surface area contributed by atoms with Crippen LogP contribution >= 0.6 is 22.6 Å². The summed E-state index contributed by atoms with van der Waals surface area (Å²) in [6.07, 6.45) is 4.92. The normalized spacial score (nSPS) is 38.0. The Morgan fingerprint density at radius 3 is 2.72 bits per heavy atom. The second kappa shape index (κ2) is 10.5.